The predicted molar refractivity (Wildman–Crippen MR) is 101 cm³/mol. The maximum atomic E-state index is 13.7. The summed E-state index contributed by atoms with van der Waals surface area (Å²) in [6.07, 6.45) is 1.03. The van der Waals surface area contributed by atoms with Crippen LogP contribution in [0.15, 0.2) is 60.7 Å². The Bertz CT molecular complexity index is 866. The van der Waals surface area contributed by atoms with Gasteiger partial charge in [-0.15, -0.1) is 0 Å². The van der Waals surface area contributed by atoms with E-state index in [-0.39, 0.29) is 5.82 Å². The smallest absolute Gasteiger partial charge is 0.129 e. The molecule has 0 aliphatic carbocycles. The predicted octanol–water partition coefficient (Wildman–Crippen LogP) is 6.25. The highest BCUT2D eigenvalue weighted by molar-refractivity contribution is 5.68. The molecule has 0 unspecified atom stereocenters. The van der Waals surface area contributed by atoms with Crippen molar-refractivity contribution >= 4 is 0 Å². The van der Waals surface area contributed by atoms with Crippen LogP contribution in [0, 0.1) is 19.7 Å². The van der Waals surface area contributed by atoms with Crippen LogP contribution < -0.4 is 4.74 Å². The zero-order chi connectivity index (χ0) is 17.8. The molecule has 0 saturated carbocycles. The first-order valence-electron chi connectivity index (χ1n) is 8.64. The summed E-state index contributed by atoms with van der Waals surface area (Å²) in [4.78, 5) is 0. The molecular weight excluding hydrogens is 311 g/mol. The van der Waals surface area contributed by atoms with E-state index in [1.807, 2.05) is 6.07 Å². The second-order valence-corrected chi connectivity index (χ2v) is 6.41. The maximum absolute atomic E-state index is 13.7. The molecule has 3 aromatic rings. The number of halogens is 1. The van der Waals surface area contributed by atoms with Crippen LogP contribution in [-0.2, 0) is 13.0 Å². The molecule has 0 aliphatic rings. The molecule has 2 heteroatoms. The molecule has 25 heavy (non-hydrogen) atoms. The minimum Gasteiger partial charge on any atom is -0.489 e. The van der Waals surface area contributed by atoms with Crippen molar-refractivity contribution in [2.75, 3.05) is 0 Å². The van der Waals surface area contributed by atoms with Crippen LogP contribution in [0.3, 0.4) is 0 Å². The molecule has 0 aromatic heterocycles. The van der Waals surface area contributed by atoms with Crippen molar-refractivity contribution in [2.24, 2.45) is 0 Å². The summed E-state index contributed by atoms with van der Waals surface area (Å²) in [6.45, 7) is 6.38. The van der Waals surface area contributed by atoms with Gasteiger partial charge in [0, 0.05) is 6.07 Å². The zero-order valence-electron chi connectivity index (χ0n) is 15.0. The molecule has 1 nitrogen and oxygen atoms in total. The fourth-order valence-electron chi connectivity index (χ4n) is 2.87. The van der Waals surface area contributed by atoms with Gasteiger partial charge in [-0.3, -0.25) is 0 Å². The third kappa shape index (κ3) is 4.08. The second kappa shape index (κ2) is 7.52. The molecule has 0 aliphatic heterocycles. The van der Waals surface area contributed by atoms with Gasteiger partial charge in [0.1, 0.15) is 18.2 Å². The van der Waals surface area contributed by atoms with E-state index in [1.54, 1.807) is 13.0 Å². The van der Waals surface area contributed by atoms with E-state index < -0.39 is 0 Å². The van der Waals surface area contributed by atoms with Crippen molar-refractivity contribution < 1.29 is 9.13 Å². The Hall–Kier alpha value is -2.61. The Balaban J connectivity index is 1.86. The molecule has 0 radical (unpaired) electrons. The Kier molecular flexibility index (Phi) is 5.18. The summed E-state index contributed by atoms with van der Waals surface area (Å²) in [5, 5.41) is 0. The molecule has 0 spiro atoms. The van der Waals surface area contributed by atoms with Crippen molar-refractivity contribution in [3.63, 3.8) is 0 Å². The fraction of sp³-hybridized carbons (Fsp3) is 0.217. The highest BCUT2D eigenvalue weighted by Gasteiger charge is 2.08. The summed E-state index contributed by atoms with van der Waals surface area (Å²) < 4.78 is 19.6. The van der Waals surface area contributed by atoms with Crippen molar-refractivity contribution in [3.8, 4) is 16.9 Å². The molecule has 3 aromatic carbocycles. The lowest BCUT2D eigenvalue weighted by Crippen LogP contribution is -1.99. The quantitative estimate of drug-likeness (QED) is 0.536. The number of rotatable bonds is 5. The van der Waals surface area contributed by atoms with Gasteiger partial charge in [-0.05, 0) is 54.2 Å². The first-order chi connectivity index (χ1) is 12.1. The Morgan fingerprint density at radius 2 is 1.64 bits per heavy atom. The highest BCUT2D eigenvalue weighted by Crippen LogP contribution is 2.27. The molecule has 0 bridgehead atoms. The van der Waals surface area contributed by atoms with E-state index in [0.717, 1.165) is 17.5 Å². The third-order valence-corrected chi connectivity index (χ3v) is 4.47. The molecule has 0 atom stereocenters. The minimum atomic E-state index is -0.239. The number of ether oxygens (including phenoxy) is 1. The molecule has 3 rings (SSSR count). The summed E-state index contributed by atoms with van der Waals surface area (Å²) in [5.41, 5.74) is 6.56. The number of hydrogen-bond acceptors (Lipinski definition) is 1. The van der Waals surface area contributed by atoms with Crippen LogP contribution in [-0.4, -0.2) is 0 Å². The van der Waals surface area contributed by atoms with Crippen LogP contribution >= 0.6 is 0 Å². The van der Waals surface area contributed by atoms with E-state index in [2.05, 4.69) is 56.3 Å². The normalized spacial score (nSPS) is 10.7. The summed E-state index contributed by atoms with van der Waals surface area (Å²) >= 11 is 0. The number of hydrogen-bond donors (Lipinski definition) is 0. The topological polar surface area (TPSA) is 9.23 Å². The van der Waals surface area contributed by atoms with Gasteiger partial charge in [-0.1, -0.05) is 61.0 Å². The molecule has 0 heterocycles. The molecule has 0 fully saturated rings. The van der Waals surface area contributed by atoms with E-state index >= 15 is 0 Å². The standard InChI is InChI=1S/C23H23FO/c1-4-18-7-9-19(10-8-18)22-12-5-16(2)13-20(22)15-25-21-11-6-17(3)23(24)14-21/h5-14H,4,15H2,1-3H3. The lowest BCUT2D eigenvalue weighted by Gasteiger charge is -2.13. The number of benzene rings is 3. The van der Waals surface area contributed by atoms with Crippen LogP contribution in [0.25, 0.3) is 11.1 Å². The van der Waals surface area contributed by atoms with Gasteiger partial charge < -0.3 is 4.74 Å². The Morgan fingerprint density at radius 1 is 0.880 bits per heavy atom. The minimum absolute atomic E-state index is 0.239. The van der Waals surface area contributed by atoms with E-state index in [4.69, 9.17) is 4.74 Å². The van der Waals surface area contributed by atoms with Crippen molar-refractivity contribution in [2.45, 2.75) is 33.8 Å². The zero-order valence-corrected chi connectivity index (χ0v) is 15.0. The van der Waals surface area contributed by atoms with Gasteiger partial charge in [0.05, 0.1) is 0 Å². The van der Waals surface area contributed by atoms with E-state index in [9.17, 15) is 4.39 Å². The molecule has 0 N–H and O–H groups in total. The summed E-state index contributed by atoms with van der Waals surface area (Å²) in [7, 11) is 0. The molecular formula is C23H23FO. The van der Waals surface area contributed by atoms with E-state index in [1.165, 1.54) is 22.8 Å². The monoisotopic (exact) mass is 334 g/mol. The van der Waals surface area contributed by atoms with Crippen LogP contribution in [0.1, 0.15) is 29.2 Å². The van der Waals surface area contributed by atoms with Crippen LogP contribution in [0.4, 0.5) is 4.39 Å². The lowest BCUT2D eigenvalue weighted by atomic mass is 9.97. The van der Waals surface area contributed by atoms with E-state index in [0.29, 0.717) is 17.9 Å². The van der Waals surface area contributed by atoms with Crippen LogP contribution in [0.5, 0.6) is 5.75 Å². The average molecular weight is 334 g/mol. The summed E-state index contributed by atoms with van der Waals surface area (Å²) in [6, 6.07) is 20.0. The molecule has 128 valence electrons. The van der Waals surface area contributed by atoms with Crippen molar-refractivity contribution in [1.82, 2.24) is 0 Å². The van der Waals surface area contributed by atoms with Gasteiger partial charge in [-0.2, -0.15) is 0 Å². The van der Waals surface area contributed by atoms with Crippen LogP contribution in [0.2, 0.25) is 0 Å². The SMILES string of the molecule is CCc1ccc(-c2ccc(C)cc2COc2ccc(C)c(F)c2)cc1. The van der Waals surface area contributed by atoms with Gasteiger partial charge in [-0.25, -0.2) is 4.39 Å². The average Bonchev–Trinajstić information content (AvgIpc) is 2.63. The van der Waals surface area contributed by atoms with Crippen molar-refractivity contribution in [3.05, 3.63) is 88.7 Å². The van der Waals surface area contributed by atoms with Gasteiger partial charge in [0.25, 0.3) is 0 Å². The lowest BCUT2D eigenvalue weighted by molar-refractivity contribution is 0.305. The molecule has 0 saturated heterocycles. The molecule has 0 amide bonds. The van der Waals surface area contributed by atoms with Gasteiger partial charge >= 0.3 is 0 Å². The van der Waals surface area contributed by atoms with Gasteiger partial charge in [0.2, 0.25) is 0 Å². The number of aryl methyl sites for hydroxylation is 3. The first kappa shape index (κ1) is 17.2. The first-order valence-corrected chi connectivity index (χ1v) is 8.64. The summed E-state index contributed by atoms with van der Waals surface area (Å²) in [5.74, 6) is 0.314. The Morgan fingerprint density at radius 3 is 2.32 bits per heavy atom. The van der Waals surface area contributed by atoms with Crippen molar-refractivity contribution in [1.29, 1.82) is 0 Å². The fourth-order valence-corrected chi connectivity index (χ4v) is 2.87. The highest BCUT2D eigenvalue weighted by atomic mass is 19.1. The third-order valence-electron chi connectivity index (χ3n) is 4.47. The largest absolute Gasteiger partial charge is 0.489 e. The second-order valence-electron chi connectivity index (χ2n) is 6.41. The Labute approximate surface area is 149 Å². The maximum Gasteiger partial charge on any atom is 0.129 e. The van der Waals surface area contributed by atoms with Gasteiger partial charge in [0.15, 0.2) is 0 Å².